The summed E-state index contributed by atoms with van der Waals surface area (Å²) in [5.41, 5.74) is 0.270. The third-order valence-electron chi connectivity index (χ3n) is 6.31. The van der Waals surface area contributed by atoms with Crippen LogP contribution >= 0.6 is 0 Å². The van der Waals surface area contributed by atoms with E-state index in [1.807, 2.05) is 4.90 Å². The monoisotopic (exact) mass is 485 g/mol. The lowest BCUT2D eigenvalue weighted by Gasteiger charge is -2.27. The zero-order valence-corrected chi connectivity index (χ0v) is 18.4. The van der Waals surface area contributed by atoms with Gasteiger partial charge in [0, 0.05) is 37.4 Å². The van der Waals surface area contributed by atoms with Crippen molar-refractivity contribution in [2.75, 3.05) is 38.2 Å². The second-order valence-corrected chi connectivity index (χ2v) is 8.57. The normalized spacial score (nSPS) is 21.3. The summed E-state index contributed by atoms with van der Waals surface area (Å²) < 4.78 is 71.5. The molecule has 2 saturated heterocycles. The maximum absolute atomic E-state index is 14.0. The number of anilines is 1. The highest BCUT2D eigenvalue weighted by Gasteiger charge is 2.43. The Balaban J connectivity index is 1.72. The first kappa shape index (κ1) is 24.3. The van der Waals surface area contributed by atoms with Gasteiger partial charge < -0.3 is 20.3 Å². The number of carbonyl (C=O) groups is 1. The molecule has 12 heteroatoms. The summed E-state index contributed by atoms with van der Waals surface area (Å²) in [6, 6.07) is 2.94. The van der Waals surface area contributed by atoms with Gasteiger partial charge in [0.2, 0.25) is 0 Å². The molecular weight excluding hydrogens is 461 g/mol. The Morgan fingerprint density at radius 1 is 1.26 bits per heavy atom. The highest BCUT2D eigenvalue weighted by atomic mass is 19.4. The zero-order chi connectivity index (χ0) is 24.5. The minimum absolute atomic E-state index is 0.141. The molecule has 1 aromatic carbocycles. The van der Waals surface area contributed by atoms with Crippen LogP contribution < -0.4 is 15.5 Å². The van der Waals surface area contributed by atoms with Crippen molar-refractivity contribution in [3.8, 4) is 11.1 Å². The molecule has 1 amide bonds. The van der Waals surface area contributed by atoms with E-state index in [1.54, 1.807) is 0 Å². The first-order chi connectivity index (χ1) is 16.1. The van der Waals surface area contributed by atoms with Gasteiger partial charge in [0.25, 0.3) is 5.91 Å². The van der Waals surface area contributed by atoms with Crippen molar-refractivity contribution in [3.63, 3.8) is 0 Å². The van der Waals surface area contributed by atoms with E-state index >= 15 is 0 Å². The van der Waals surface area contributed by atoms with Crippen LogP contribution in [0.5, 0.6) is 0 Å². The maximum atomic E-state index is 14.0. The fourth-order valence-electron chi connectivity index (χ4n) is 4.66. The average molecular weight is 485 g/mol. The minimum Gasteiger partial charge on any atom is -0.370 e. The average Bonchev–Trinajstić information content (AvgIpc) is 3.41. The standard InChI is InChI=1S/C22H24F5N5O2/c1-34-17(22(25,26)27)11-28-20(33)18-19(32-6-4-21(12-32)3-2-5-29-21)16(10-30-31-18)13-7-14(23)9-15(24)8-13/h7-10,17,29H,2-6,11-12H2,1H3,(H,28,33)/t17-,21+/m1/s1. The molecule has 0 bridgehead atoms. The maximum Gasteiger partial charge on any atom is 0.416 e. The summed E-state index contributed by atoms with van der Waals surface area (Å²) in [5, 5.41) is 13.4. The van der Waals surface area contributed by atoms with Crippen molar-refractivity contribution < 1.29 is 31.5 Å². The summed E-state index contributed by atoms with van der Waals surface area (Å²) in [6.45, 7) is 1.05. The predicted molar refractivity (Wildman–Crippen MR) is 113 cm³/mol. The van der Waals surface area contributed by atoms with Gasteiger partial charge in [-0.1, -0.05) is 0 Å². The van der Waals surface area contributed by atoms with Gasteiger partial charge in [-0.2, -0.15) is 18.3 Å². The molecule has 4 rings (SSSR count). The van der Waals surface area contributed by atoms with E-state index in [4.69, 9.17) is 0 Å². The van der Waals surface area contributed by atoms with E-state index in [2.05, 4.69) is 25.6 Å². The van der Waals surface area contributed by atoms with Crippen LogP contribution in [0.2, 0.25) is 0 Å². The Labute approximate surface area is 192 Å². The fraction of sp³-hybridized carbons (Fsp3) is 0.500. The lowest BCUT2D eigenvalue weighted by atomic mass is 9.97. The van der Waals surface area contributed by atoms with E-state index in [-0.39, 0.29) is 28.0 Å². The first-order valence-electron chi connectivity index (χ1n) is 10.8. The second kappa shape index (κ2) is 9.41. The molecule has 2 aliphatic heterocycles. The summed E-state index contributed by atoms with van der Waals surface area (Å²) in [4.78, 5) is 14.8. The van der Waals surface area contributed by atoms with Crippen LogP contribution in [0.1, 0.15) is 29.8 Å². The molecule has 2 fully saturated rings. The highest BCUT2D eigenvalue weighted by molar-refractivity contribution is 6.01. The molecule has 3 heterocycles. The lowest BCUT2D eigenvalue weighted by molar-refractivity contribution is -0.210. The third kappa shape index (κ3) is 4.97. The number of hydrogen-bond donors (Lipinski definition) is 2. The Morgan fingerprint density at radius 3 is 2.62 bits per heavy atom. The smallest absolute Gasteiger partial charge is 0.370 e. The van der Waals surface area contributed by atoms with Crippen molar-refractivity contribution in [1.29, 1.82) is 0 Å². The number of rotatable bonds is 6. The van der Waals surface area contributed by atoms with Gasteiger partial charge in [-0.05, 0) is 43.5 Å². The summed E-state index contributed by atoms with van der Waals surface area (Å²) >= 11 is 0. The molecule has 1 spiro atoms. The fourth-order valence-corrected chi connectivity index (χ4v) is 4.66. The third-order valence-corrected chi connectivity index (χ3v) is 6.31. The molecule has 7 nitrogen and oxygen atoms in total. The van der Waals surface area contributed by atoms with Gasteiger partial charge in [-0.25, -0.2) is 8.78 Å². The van der Waals surface area contributed by atoms with E-state index in [1.165, 1.54) is 6.20 Å². The number of benzene rings is 1. The Hall–Kier alpha value is -2.86. The number of halogens is 5. The molecule has 0 aliphatic carbocycles. The molecule has 2 aromatic rings. The number of amides is 1. The summed E-state index contributed by atoms with van der Waals surface area (Å²) in [5.74, 6) is -2.52. The van der Waals surface area contributed by atoms with Crippen molar-refractivity contribution in [1.82, 2.24) is 20.8 Å². The predicted octanol–water partition coefficient (Wildman–Crippen LogP) is 3.06. The summed E-state index contributed by atoms with van der Waals surface area (Å²) in [7, 11) is 0.896. The largest absolute Gasteiger partial charge is 0.416 e. The second-order valence-electron chi connectivity index (χ2n) is 8.57. The number of hydrogen-bond acceptors (Lipinski definition) is 6. The Kier molecular flexibility index (Phi) is 6.72. The van der Waals surface area contributed by atoms with E-state index < -0.39 is 36.4 Å². The SMILES string of the molecule is CO[C@H](CNC(=O)c1nncc(-c2cc(F)cc(F)c2)c1N1CC[C@@]2(CCCN2)C1)C(F)(F)F. The number of methoxy groups -OCH3 is 1. The summed E-state index contributed by atoms with van der Waals surface area (Å²) in [6.07, 6.45) is -2.89. The van der Waals surface area contributed by atoms with E-state index in [9.17, 15) is 26.7 Å². The number of aromatic nitrogens is 2. The van der Waals surface area contributed by atoms with Gasteiger partial charge in [-0.3, -0.25) is 4.79 Å². The zero-order valence-electron chi connectivity index (χ0n) is 18.4. The molecule has 2 N–H and O–H groups in total. The van der Waals surface area contributed by atoms with Crippen LogP contribution in [0, 0.1) is 11.6 Å². The van der Waals surface area contributed by atoms with Crippen molar-refractivity contribution in [3.05, 3.63) is 41.7 Å². The van der Waals surface area contributed by atoms with Gasteiger partial charge in [0.1, 0.15) is 11.6 Å². The molecule has 0 unspecified atom stereocenters. The quantitative estimate of drug-likeness (QED) is 0.613. The molecule has 2 aliphatic rings. The molecule has 0 saturated carbocycles. The van der Waals surface area contributed by atoms with Crippen LogP contribution in [0.15, 0.2) is 24.4 Å². The number of nitrogens with zero attached hydrogens (tertiary/aromatic N) is 3. The van der Waals surface area contributed by atoms with Crippen LogP contribution in [0.25, 0.3) is 11.1 Å². The van der Waals surface area contributed by atoms with Crippen LogP contribution in [-0.4, -0.2) is 67.2 Å². The van der Waals surface area contributed by atoms with Gasteiger partial charge in [-0.15, -0.1) is 5.10 Å². The molecular formula is C22H24F5N5O2. The number of alkyl halides is 3. The van der Waals surface area contributed by atoms with E-state index in [0.717, 1.165) is 51.1 Å². The molecule has 34 heavy (non-hydrogen) atoms. The van der Waals surface area contributed by atoms with E-state index in [0.29, 0.717) is 13.1 Å². The number of carbonyl (C=O) groups excluding carboxylic acids is 1. The van der Waals surface area contributed by atoms with Gasteiger partial charge in [0.05, 0.1) is 18.4 Å². The van der Waals surface area contributed by atoms with Crippen molar-refractivity contribution in [2.24, 2.45) is 0 Å². The van der Waals surface area contributed by atoms with Crippen molar-refractivity contribution >= 4 is 11.6 Å². The number of ether oxygens (including phenoxy) is 1. The topological polar surface area (TPSA) is 79.4 Å². The van der Waals surface area contributed by atoms with Gasteiger partial charge in [0.15, 0.2) is 11.8 Å². The number of nitrogens with one attached hydrogen (secondary N) is 2. The van der Waals surface area contributed by atoms with Crippen LogP contribution in [-0.2, 0) is 4.74 Å². The molecule has 2 atom stereocenters. The molecule has 1 aromatic heterocycles. The first-order valence-corrected chi connectivity index (χ1v) is 10.8. The molecule has 0 radical (unpaired) electrons. The van der Waals surface area contributed by atoms with Crippen molar-refractivity contribution in [2.45, 2.75) is 37.1 Å². The Morgan fingerprint density at radius 2 is 2.00 bits per heavy atom. The minimum atomic E-state index is -4.67. The Bertz CT molecular complexity index is 1040. The highest BCUT2D eigenvalue weighted by Crippen LogP contribution is 2.39. The van der Waals surface area contributed by atoms with Crippen LogP contribution in [0.4, 0.5) is 27.6 Å². The van der Waals surface area contributed by atoms with Crippen LogP contribution in [0.3, 0.4) is 0 Å². The van der Waals surface area contributed by atoms with Gasteiger partial charge >= 0.3 is 6.18 Å². The molecule has 184 valence electrons. The lowest BCUT2D eigenvalue weighted by Crippen LogP contribution is -2.44.